The second kappa shape index (κ2) is 5.46. The van der Waals surface area contributed by atoms with Crippen LogP contribution in [0, 0.1) is 5.82 Å². The maximum atomic E-state index is 12.8. The first-order valence-electron chi connectivity index (χ1n) is 4.61. The molecule has 15 heavy (non-hydrogen) atoms. The minimum atomic E-state index is -0.297. The molecule has 3 nitrogen and oxygen atoms in total. The third-order valence-corrected chi connectivity index (χ3v) is 1.97. The Kier molecular flexibility index (Phi) is 4.24. The molecule has 0 aliphatic carbocycles. The van der Waals surface area contributed by atoms with E-state index >= 15 is 0 Å². The summed E-state index contributed by atoms with van der Waals surface area (Å²) in [5.74, 6) is -0.562. The van der Waals surface area contributed by atoms with Crippen molar-refractivity contribution in [3.8, 4) is 0 Å². The minimum absolute atomic E-state index is 0.201. The van der Waals surface area contributed by atoms with Gasteiger partial charge in [0.1, 0.15) is 5.82 Å². The quantitative estimate of drug-likeness (QED) is 0.706. The lowest BCUT2D eigenvalue weighted by atomic mass is 10.2. The molecule has 1 aromatic rings. The number of nitrogens with zero attached hydrogens (tertiary/aromatic N) is 1. The summed E-state index contributed by atoms with van der Waals surface area (Å²) in [6.07, 6.45) is 0. The van der Waals surface area contributed by atoms with Crippen LogP contribution < -0.4 is 0 Å². The molecule has 0 bridgehead atoms. The van der Waals surface area contributed by atoms with Gasteiger partial charge >= 0.3 is 5.97 Å². The summed E-state index contributed by atoms with van der Waals surface area (Å²) in [6.45, 7) is 0.722. The zero-order chi connectivity index (χ0) is 11.3. The molecule has 0 fully saturated rings. The largest absolute Gasteiger partial charge is 0.468 e. The Hall–Kier alpha value is -1.42. The summed E-state index contributed by atoms with van der Waals surface area (Å²) in [4.78, 5) is 12.7. The Morgan fingerprint density at radius 2 is 2.27 bits per heavy atom. The van der Waals surface area contributed by atoms with Crippen molar-refractivity contribution < 1.29 is 13.9 Å². The number of methoxy groups -OCH3 is 1. The smallest absolute Gasteiger partial charge is 0.319 e. The van der Waals surface area contributed by atoms with Crippen molar-refractivity contribution in [2.75, 3.05) is 20.7 Å². The van der Waals surface area contributed by atoms with Crippen molar-refractivity contribution in [1.82, 2.24) is 4.90 Å². The van der Waals surface area contributed by atoms with E-state index in [4.69, 9.17) is 0 Å². The number of carbonyl (C=O) groups excluding carboxylic acids is 1. The number of benzene rings is 1. The molecule has 0 saturated carbocycles. The number of ether oxygens (including phenoxy) is 1. The first-order chi connectivity index (χ1) is 7.11. The fourth-order valence-electron chi connectivity index (χ4n) is 1.29. The fraction of sp³-hybridized carbons (Fsp3) is 0.364. The number of hydrogen-bond acceptors (Lipinski definition) is 3. The molecule has 0 radical (unpaired) electrons. The van der Waals surface area contributed by atoms with E-state index in [1.807, 2.05) is 6.07 Å². The molecule has 0 amide bonds. The highest BCUT2D eigenvalue weighted by Gasteiger charge is 2.06. The molecule has 1 aromatic carbocycles. The van der Waals surface area contributed by atoms with Crippen molar-refractivity contribution in [3.05, 3.63) is 35.6 Å². The van der Waals surface area contributed by atoms with Gasteiger partial charge in [0.2, 0.25) is 0 Å². The number of esters is 1. The van der Waals surface area contributed by atoms with Crippen LogP contribution in [0.25, 0.3) is 0 Å². The van der Waals surface area contributed by atoms with Gasteiger partial charge in [0, 0.05) is 6.54 Å². The summed E-state index contributed by atoms with van der Waals surface area (Å²) in [5.41, 5.74) is 0.835. The number of hydrogen-bond donors (Lipinski definition) is 0. The van der Waals surface area contributed by atoms with Crippen molar-refractivity contribution in [1.29, 1.82) is 0 Å². The third kappa shape index (κ3) is 4.08. The Morgan fingerprint density at radius 3 is 2.87 bits per heavy atom. The van der Waals surface area contributed by atoms with Crippen molar-refractivity contribution in [3.63, 3.8) is 0 Å². The van der Waals surface area contributed by atoms with Crippen LogP contribution in [-0.4, -0.2) is 31.6 Å². The first-order valence-corrected chi connectivity index (χ1v) is 4.61. The number of rotatable bonds is 4. The average Bonchev–Trinajstić information content (AvgIpc) is 2.17. The Labute approximate surface area is 88.5 Å². The second-order valence-corrected chi connectivity index (χ2v) is 3.38. The molecule has 0 aromatic heterocycles. The molecule has 0 atom stereocenters. The van der Waals surface area contributed by atoms with E-state index in [-0.39, 0.29) is 18.3 Å². The van der Waals surface area contributed by atoms with Crippen LogP contribution in [0.4, 0.5) is 4.39 Å². The molecule has 0 N–H and O–H groups in total. The lowest BCUT2D eigenvalue weighted by Gasteiger charge is -2.14. The predicted octanol–water partition coefficient (Wildman–Crippen LogP) is 1.43. The monoisotopic (exact) mass is 211 g/mol. The summed E-state index contributed by atoms with van der Waals surface area (Å²) in [7, 11) is 3.13. The van der Waals surface area contributed by atoms with E-state index in [0.717, 1.165) is 5.56 Å². The van der Waals surface area contributed by atoms with E-state index in [0.29, 0.717) is 6.54 Å². The summed E-state index contributed by atoms with van der Waals surface area (Å²) in [5, 5.41) is 0. The van der Waals surface area contributed by atoms with Gasteiger partial charge in [-0.3, -0.25) is 9.69 Å². The molecular weight excluding hydrogens is 197 g/mol. The molecule has 0 unspecified atom stereocenters. The van der Waals surface area contributed by atoms with Crippen LogP contribution >= 0.6 is 0 Å². The van der Waals surface area contributed by atoms with Crippen LogP contribution in [0.2, 0.25) is 0 Å². The minimum Gasteiger partial charge on any atom is -0.468 e. The van der Waals surface area contributed by atoms with Crippen LogP contribution in [0.15, 0.2) is 24.3 Å². The molecule has 82 valence electrons. The van der Waals surface area contributed by atoms with Crippen LogP contribution in [0.5, 0.6) is 0 Å². The van der Waals surface area contributed by atoms with Gasteiger partial charge in [-0.2, -0.15) is 0 Å². The highest BCUT2D eigenvalue weighted by atomic mass is 19.1. The predicted molar refractivity (Wildman–Crippen MR) is 54.8 cm³/mol. The average molecular weight is 211 g/mol. The van der Waals surface area contributed by atoms with Gasteiger partial charge in [0.05, 0.1) is 13.7 Å². The van der Waals surface area contributed by atoms with Gasteiger partial charge in [-0.25, -0.2) is 4.39 Å². The first kappa shape index (κ1) is 11.7. The number of halogens is 1. The second-order valence-electron chi connectivity index (χ2n) is 3.38. The van der Waals surface area contributed by atoms with Crippen LogP contribution in [-0.2, 0) is 16.1 Å². The lowest BCUT2D eigenvalue weighted by Crippen LogP contribution is -2.26. The number of likely N-dealkylation sites (N-methyl/N-ethyl adjacent to an activating group) is 1. The van der Waals surface area contributed by atoms with Crippen LogP contribution in [0.3, 0.4) is 0 Å². The highest BCUT2D eigenvalue weighted by molar-refractivity contribution is 5.71. The van der Waals surface area contributed by atoms with E-state index in [1.165, 1.54) is 19.2 Å². The maximum Gasteiger partial charge on any atom is 0.319 e. The van der Waals surface area contributed by atoms with Crippen LogP contribution in [0.1, 0.15) is 5.56 Å². The molecule has 0 heterocycles. The van der Waals surface area contributed by atoms with Gasteiger partial charge in [-0.1, -0.05) is 12.1 Å². The Morgan fingerprint density at radius 1 is 1.53 bits per heavy atom. The topological polar surface area (TPSA) is 29.5 Å². The molecule has 4 heteroatoms. The molecular formula is C11H14FNO2. The normalized spacial score (nSPS) is 10.4. The van der Waals surface area contributed by atoms with Gasteiger partial charge in [-0.15, -0.1) is 0 Å². The molecule has 0 aliphatic rings. The lowest BCUT2D eigenvalue weighted by molar-refractivity contribution is -0.141. The molecule has 1 rings (SSSR count). The van der Waals surface area contributed by atoms with Gasteiger partial charge in [0.25, 0.3) is 0 Å². The maximum absolute atomic E-state index is 12.8. The van der Waals surface area contributed by atoms with Crippen molar-refractivity contribution >= 4 is 5.97 Å². The van der Waals surface area contributed by atoms with Gasteiger partial charge in [0.15, 0.2) is 0 Å². The van der Waals surface area contributed by atoms with E-state index in [2.05, 4.69) is 4.74 Å². The molecule has 0 spiro atoms. The summed E-state index contributed by atoms with van der Waals surface area (Å²) >= 11 is 0. The molecule has 0 aliphatic heterocycles. The zero-order valence-corrected chi connectivity index (χ0v) is 8.87. The molecule has 0 saturated heterocycles. The zero-order valence-electron chi connectivity index (χ0n) is 8.87. The van der Waals surface area contributed by atoms with Crippen molar-refractivity contribution in [2.24, 2.45) is 0 Å². The highest BCUT2D eigenvalue weighted by Crippen LogP contribution is 2.05. The number of carbonyl (C=O) groups is 1. The fourth-order valence-corrected chi connectivity index (χ4v) is 1.29. The Bertz CT molecular complexity index is 341. The summed E-state index contributed by atoms with van der Waals surface area (Å²) in [6, 6.07) is 6.31. The Balaban J connectivity index is 2.51. The third-order valence-electron chi connectivity index (χ3n) is 1.97. The van der Waals surface area contributed by atoms with Gasteiger partial charge < -0.3 is 4.74 Å². The van der Waals surface area contributed by atoms with E-state index in [9.17, 15) is 9.18 Å². The van der Waals surface area contributed by atoms with E-state index in [1.54, 1.807) is 18.0 Å². The van der Waals surface area contributed by atoms with Crippen molar-refractivity contribution in [2.45, 2.75) is 6.54 Å². The van der Waals surface area contributed by atoms with Gasteiger partial charge in [-0.05, 0) is 24.7 Å². The summed E-state index contributed by atoms with van der Waals surface area (Å²) < 4.78 is 17.4. The van der Waals surface area contributed by atoms with E-state index < -0.39 is 0 Å². The SMILES string of the molecule is COC(=O)CN(C)Cc1cccc(F)c1. The standard InChI is InChI=1S/C11H14FNO2/c1-13(8-11(14)15-2)7-9-4-3-5-10(12)6-9/h3-6H,7-8H2,1-2H3.